The fourth-order valence-electron chi connectivity index (χ4n) is 4.05. The van der Waals surface area contributed by atoms with E-state index in [2.05, 4.69) is 9.97 Å². The molecule has 0 spiro atoms. The molecule has 0 saturated carbocycles. The first-order valence-electron chi connectivity index (χ1n) is 9.92. The lowest BCUT2D eigenvalue weighted by molar-refractivity contribution is -0.136. The average Bonchev–Trinajstić information content (AvgIpc) is 3.30. The molecular weight excluding hydrogens is 449 g/mol. The fraction of sp³-hybridized carbons (Fsp3) is 0.125. The zero-order chi connectivity index (χ0) is 22.5. The summed E-state index contributed by atoms with van der Waals surface area (Å²) in [6.07, 6.45) is -0.474. The number of nitrogens with zero attached hydrogens (tertiary/aromatic N) is 2. The van der Waals surface area contributed by atoms with Crippen LogP contribution < -0.4 is 4.90 Å². The molecule has 32 heavy (non-hydrogen) atoms. The minimum atomic E-state index is -2.07. The molecule has 4 aromatic rings. The van der Waals surface area contributed by atoms with Crippen LogP contribution in [0.5, 0.6) is 0 Å². The summed E-state index contributed by atoms with van der Waals surface area (Å²) in [5, 5.41) is 12.4. The molecule has 1 aliphatic rings. The molecule has 160 valence electrons. The number of aromatic amines is 1. The summed E-state index contributed by atoms with van der Waals surface area (Å²) < 4.78 is 0. The number of H-pyrrole nitrogens is 1. The predicted molar refractivity (Wildman–Crippen MR) is 123 cm³/mol. The highest BCUT2D eigenvalue weighted by atomic mass is 35.5. The second kappa shape index (κ2) is 7.74. The highest BCUT2D eigenvalue weighted by Gasteiger charge is 2.51. The minimum Gasteiger partial charge on any atom is -0.375 e. The van der Waals surface area contributed by atoms with Gasteiger partial charge in [0, 0.05) is 15.6 Å². The summed E-state index contributed by atoms with van der Waals surface area (Å²) in [5.41, 5.74) is 0.744. The van der Waals surface area contributed by atoms with Gasteiger partial charge in [0.1, 0.15) is 0 Å². The lowest BCUT2D eigenvalue weighted by Crippen LogP contribution is -2.41. The normalized spacial score (nSPS) is 17.7. The first-order valence-corrected chi connectivity index (χ1v) is 10.7. The molecule has 0 bridgehead atoms. The van der Waals surface area contributed by atoms with Crippen molar-refractivity contribution >= 4 is 51.6 Å². The number of fused-ring (bicyclic) bond motifs is 2. The molecule has 1 aliphatic heterocycles. The molecule has 2 heterocycles. The number of nitrogens with one attached hydrogen (secondary N) is 1. The van der Waals surface area contributed by atoms with Crippen LogP contribution in [0.1, 0.15) is 28.2 Å². The summed E-state index contributed by atoms with van der Waals surface area (Å²) in [7, 11) is 0. The Kier molecular flexibility index (Phi) is 5.01. The van der Waals surface area contributed by atoms with E-state index >= 15 is 0 Å². The molecule has 0 radical (unpaired) electrons. The van der Waals surface area contributed by atoms with Gasteiger partial charge in [-0.1, -0.05) is 53.5 Å². The number of Topliss-reactive ketones (excluding diaryl/α,β-unsaturated/α-hetero) is 1. The van der Waals surface area contributed by atoms with Gasteiger partial charge in [-0.2, -0.15) is 0 Å². The van der Waals surface area contributed by atoms with Crippen molar-refractivity contribution in [3.8, 4) is 0 Å². The fourth-order valence-corrected chi connectivity index (χ4v) is 4.42. The molecule has 0 saturated heterocycles. The van der Waals surface area contributed by atoms with Gasteiger partial charge in [0.15, 0.2) is 11.4 Å². The summed E-state index contributed by atoms with van der Waals surface area (Å²) in [4.78, 5) is 35.2. The number of para-hydroxylation sites is 2. The first kappa shape index (κ1) is 20.7. The van der Waals surface area contributed by atoms with Crippen LogP contribution >= 0.6 is 23.2 Å². The summed E-state index contributed by atoms with van der Waals surface area (Å²) in [6.45, 7) is 0.147. The molecule has 1 aromatic heterocycles. The van der Waals surface area contributed by atoms with Gasteiger partial charge >= 0.3 is 0 Å². The highest BCUT2D eigenvalue weighted by Crippen LogP contribution is 2.45. The number of aromatic nitrogens is 2. The van der Waals surface area contributed by atoms with Gasteiger partial charge in [-0.3, -0.25) is 9.59 Å². The van der Waals surface area contributed by atoms with Crippen LogP contribution in [0.15, 0.2) is 66.7 Å². The Morgan fingerprint density at radius 2 is 1.81 bits per heavy atom. The number of aliphatic hydroxyl groups is 1. The number of imidazole rings is 1. The van der Waals surface area contributed by atoms with E-state index in [4.69, 9.17) is 23.2 Å². The number of amides is 1. The second-order valence-corrected chi connectivity index (χ2v) is 8.55. The van der Waals surface area contributed by atoms with Crippen LogP contribution in [-0.2, 0) is 16.9 Å². The Morgan fingerprint density at radius 3 is 2.59 bits per heavy atom. The van der Waals surface area contributed by atoms with E-state index < -0.39 is 23.7 Å². The Hall–Kier alpha value is -3.19. The van der Waals surface area contributed by atoms with Crippen LogP contribution in [0, 0.1) is 0 Å². The summed E-state index contributed by atoms with van der Waals surface area (Å²) in [5.74, 6) is -1.01. The molecule has 5 rings (SSSR count). The van der Waals surface area contributed by atoms with E-state index in [0.717, 1.165) is 5.56 Å². The number of anilines is 1. The van der Waals surface area contributed by atoms with Gasteiger partial charge < -0.3 is 15.0 Å². The van der Waals surface area contributed by atoms with Crippen molar-refractivity contribution in [2.45, 2.75) is 18.6 Å². The van der Waals surface area contributed by atoms with E-state index in [-0.39, 0.29) is 17.9 Å². The molecule has 2 N–H and O–H groups in total. The third kappa shape index (κ3) is 3.37. The number of hydrogen-bond donors (Lipinski definition) is 2. The number of halogens is 2. The number of benzene rings is 3. The quantitative estimate of drug-likeness (QED) is 0.411. The third-order valence-electron chi connectivity index (χ3n) is 5.65. The van der Waals surface area contributed by atoms with E-state index in [1.807, 2.05) is 24.3 Å². The van der Waals surface area contributed by atoms with E-state index in [9.17, 15) is 14.7 Å². The summed E-state index contributed by atoms with van der Waals surface area (Å²) >= 11 is 12.5. The zero-order valence-electron chi connectivity index (χ0n) is 16.7. The first-order chi connectivity index (χ1) is 15.4. The molecule has 0 aliphatic carbocycles. The molecular formula is C24H17Cl2N3O3. The van der Waals surface area contributed by atoms with Gasteiger partial charge in [0.25, 0.3) is 5.91 Å². The van der Waals surface area contributed by atoms with Crippen LogP contribution in [0.2, 0.25) is 10.0 Å². The summed E-state index contributed by atoms with van der Waals surface area (Å²) in [6, 6.07) is 19.2. The van der Waals surface area contributed by atoms with Crippen LogP contribution in [-0.4, -0.2) is 26.8 Å². The average molecular weight is 466 g/mol. The van der Waals surface area contributed by atoms with Crippen LogP contribution in [0.25, 0.3) is 11.0 Å². The molecule has 8 heteroatoms. The van der Waals surface area contributed by atoms with Crippen molar-refractivity contribution in [3.05, 3.63) is 93.7 Å². The Bertz CT molecular complexity index is 1350. The number of rotatable bonds is 5. The molecule has 1 amide bonds. The Morgan fingerprint density at radius 1 is 1.06 bits per heavy atom. The molecule has 3 aromatic carbocycles. The third-order valence-corrected chi connectivity index (χ3v) is 6.25. The van der Waals surface area contributed by atoms with Gasteiger partial charge in [-0.15, -0.1) is 0 Å². The molecule has 6 nitrogen and oxygen atoms in total. The SMILES string of the molecule is O=C(C[C@@]1(O)C(=O)N(Cc2ccccc2Cl)c2ccc(Cl)cc21)c1nc2ccccc2[nH]1. The monoisotopic (exact) mass is 465 g/mol. The number of carbonyl (C=O) groups excluding carboxylic acids is 2. The Balaban J connectivity index is 1.52. The lowest BCUT2D eigenvalue weighted by Gasteiger charge is -2.22. The van der Waals surface area contributed by atoms with Gasteiger partial charge in [-0.25, -0.2) is 4.98 Å². The van der Waals surface area contributed by atoms with E-state index in [1.165, 1.54) is 11.0 Å². The Labute approximate surface area is 193 Å². The van der Waals surface area contributed by atoms with Gasteiger partial charge in [-0.05, 0) is 42.0 Å². The maximum absolute atomic E-state index is 13.5. The standard InChI is InChI=1S/C24H17Cl2N3O3/c25-15-9-10-20-16(11-15)24(32,23(31)29(20)13-14-5-1-2-6-17(14)26)12-21(30)22-27-18-7-3-4-8-19(18)28-22/h1-11,32H,12-13H2,(H,27,28)/t24-/m0/s1. The van der Waals surface area contributed by atoms with Crippen molar-refractivity contribution in [2.75, 3.05) is 4.90 Å². The molecule has 0 fully saturated rings. The number of ketones is 1. The second-order valence-electron chi connectivity index (χ2n) is 7.71. The van der Waals surface area contributed by atoms with Crippen molar-refractivity contribution < 1.29 is 14.7 Å². The van der Waals surface area contributed by atoms with Crippen molar-refractivity contribution in [1.29, 1.82) is 0 Å². The predicted octanol–water partition coefficient (Wildman–Crippen LogP) is 4.88. The van der Waals surface area contributed by atoms with E-state index in [1.54, 1.807) is 36.4 Å². The van der Waals surface area contributed by atoms with Gasteiger partial charge in [0.05, 0.1) is 29.7 Å². The van der Waals surface area contributed by atoms with Gasteiger partial charge in [0.2, 0.25) is 5.78 Å². The zero-order valence-corrected chi connectivity index (χ0v) is 18.2. The minimum absolute atomic E-state index is 0.0838. The van der Waals surface area contributed by atoms with Crippen LogP contribution in [0.3, 0.4) is 0 Å². The maximum Gasteiger partial charge on any atom is 0.264 e. The highest BCUT2D eigenvalue weighted by molar-refractivity contribution is 6.31. The van der Waals surface area contributed by atoms with E-state index in [0.29, 0.717) is 26.8 Å². The lowest BCUT2D eigenvalue weighted by atomic mass is 9.89. The largest absolute Gasteiger partial charge is 0.375 e. The smallest absolute Gasteiger partial charge is 0.264 e. The molecule has 1 atom stereocenters. The number of hydrogen-bond acceptors (Lipinski definition) is 4. The maximum atomic E-state index is 13.5. The van der Waals surface area contributed by atoms with Crippen molar-refractivity contribution in [3.63, 3.8) is 0 Å². The number of carbonyl (C=O) groups is 2. The topological polar surface area (TPSA) is 86.3 Å². The van der Waals surface area contributed by atoms with Crippen LogP contribution in [0.4, 0.5) is 5.69 Å². The van der Waals surface area contributed by atoms with Crippen molar-refractivity contribution in [1.82, 2.24) is 9.97 Å². The van der Waals surface area contributed by atoms with Crippen molar-refractivity contribution in [2.24, 2.45) is 0 Å². The molecule has 0 unspecified atom stereocenters.